The highest BCUT2D eigenvalue weighted by Crippen LogP contribution is 2.15. The van der Waals surface area contributed by atoms with Crippen molar-refractivity contribution in [2.24, 2.45) is 0 Å². The van der Waals surface area contributed by atoms with E-state index in [1.807, 2.05) is 6.08 Å². The molecule has 0 saturated heterocycles. The highest BCUT2D eigenvalue weighted by molar-refractivity contribution is 5.76. The van der Waals surface area contributed by atoms with Crippen LogP contribution in [0.25, 0.3) is 0 Å². The van der Waals surface area contributed by atoms with Gasteiger partial charge in [-0.25, -0.2) is 0 Å². The fourth-order valence-electron chi connectivity index (χ4n) is 6.41. The first-order valence-corrected chi connectivity index (χ1v) is 21.1. The van der Waals surface area contributed by atoms with Crippen molar-refractivity contribution < 1.29 is 15.0 Å². The van der Waals surface area contributed by atoms with Crippen LogP contribution in [0.4, 0.5) is 0 Å². The Labute approximate surface area is 294 Å². The van der Waals surface area contributed by atoms with Crippen LogP contribution in [-0.4, -0.2) is 34.9 Å². The molecule has 0 aliphatic rings. The summed E-state index contributed by atoms with van der Waals surface area (Å²) in [5.74, 6) is -0.0669. The molecule has 0 bridgehead atoms. The average Bonchev–Trinajstić information content (AvgIpc) is 3.07. The van der Waals surface area contributed by atoms with E-state index in [9.17, 15) is 15.0 Å². The van der Waals surface area contributed by atoms with Gasteiger partial charge in [-0.3, -0.25) is 4.79 Å². The minimum atomic E-state index is -0.835. The number of carbonyl (C=O) groups is 1. The van der Waals surface area contributed by atoms with Gasteiger partial charge >= 0.3 is 0 Å². The number of carbonyl (C=O) groups excluding carboxylic acids is 1. The summed E-state index contributed by atoms with van der Waals surface area (Å²) in [4.78, 5) is 12.3. The molecule has 278 valence electrons. The van der Waals surface area contributed by atoms with E-state index >= 15 is 0 Å². The maximum Gasteiger partial charge on any atom is 0.220 e. The number of rotatable bonds is 38. The molecule has 3 N–H and O–H groups in total. The summed E-state index contributed by atoms with van der Waals surface area (Å²) in [6, 6.07) is -0.619. The zero-order valence-corrected chi connectivity index (χ0v) is 31.8. The van der Waals surface area contributed by atoms with Gasteiger partial charge in [0.1, 0.15) is 0 Å². The third-order valence-corrected chi connectivity index (χ3v) is 9.68. The van der Waals surface area contributed by atoms with Crippen molar-refractivity contribution in [2.45, 2.75) is 238 Å². The molecule has 2 unspecified atom stereocenters. The van der Waals surface area contributed by atoms with Gasteiger partial charge in [0.15, 0.2) is 0 Å². The van der Waals surface area contributed by atoms with E-state index < -0.39 is 12.1 Å². The Kier molecular flexibility index (Phi) is 38.4. The third kappa shape index (κ3) is 36.0. The number of aliphatic hydroxyl groups is 2. The summed E-state index contributed by atoms with van der Waals surface area (Å²) in [6.45, 7) is 4.29. The van der Waals surface area contributed by atoms with Crippen molar-refractivity contribution in [1.82, 2.24) is 5.32 Å². The van der Waals surface area contributed by atoms with Gasteiger partial charge in [0, 0.05) is 6.42 Å². The lowest BCUT2D eigenvalue weighted by molar-refractivity contribution is -0.123. The molecule has 0 aromatic heterocycles. The third-order valence-electron chi connectivity index (χ3n) is 9.68. The van der Waals surface area contributed by atoms with Gasteiger partial charge in [-0.05, 0) is 44.9 Å². The fraction of sp³-hybridized carbons (Fsp3) is 0.884. The molecular formula is C43H83NO3. The first-order valence-electron chi connectivity index (χ1n) is 21.1. The molecule has 1 amide bonds. The van der Waals surface area contributed by atoms with Gasteiger partial charge in [0.05, 0.1) is 18.8 Å². The van der Waals surface area contributed by atoms with Crippen LogP contribution in [0.15, 0.2) is 24.3 Å². The van der Waals surface area contributed by atoms with Crippen LogP contribution < -0.4 is 5.32 Å². The second kappa shape index (κ2) is 39.3. The molecule has 0 radical (unpaired) electrons. The highest BCUT2D eigenvalue weighted by atomic mass is 16.3. The summed E-state index contributed by atoms with van der Waals surface area (Å²) >= 11 is 0. The minimum absolute atomic E-state index is 0.0669. The topological polar surface area (TPSA) is 69.6 Å². The number of nitrogens with one attached hydrogen (secondary N) is 1. The fourth-order valence-corrected chi connectivity index (χ4v) is 6.41. The Bertz CT molecular complexity index is 676. The van der Waals surface area contributed by atoms with Crippen LogP contribution in [0.1, 0.15) is 226 Å². The number of hydrogen-bond acceptors (Lipinski definition) is 3. The number of allylic oxidation sites excluding steroid dienone is 3. The van der Waals surface area contributed by atoms with Crippen LogP contribution in [0.3, 0.4) is 0 Å². The maximum atomic E-state index is 12.3. The Balaban J connectivity index is 3.49. The van der Waals surface area contributed by atoms with Crippen molar-refractivity contribution in [3.8, 4) is 0 Å². The summed E-state index contributed by atoms with van der Waals surface area (Å²) in [5.41, 5.74) is 0. The van der Waals surface area contributed by atoms with E-state index in [1.165, 1.54) is 180 Å². The molecule has 2 atom stereocenters. The van der Waals surface area contributed by atoms with E-state index in [0.717, 1.165) is 25.7 Å². The Morgan fingerprint density at radius 1 is 0.489 bits per heavy atom. The van der Waals surface area contributed by atoms with Gasteiger partial charge in [-0.2, -0.15) is 0 Å². The van der Waals surface area contributed by atoms with Crippen LogP contribution >= 0.6 is 0 Å². The SMILES string of the molecule is CCCCCCCCCC/C=C/C(O)C(CO)NC(=O)CCCCCCCCCCC/C=C\CCCCCCCCCCCCCC. The molecule has 0 aliphatic heterocycles. The van der Waals surface area contributed by atoms with Crippen molar-refractivity contribution >= 4 is 5.91 Å². The van der Waals surface area contributed by atoms with E-state index in [-0.39, 0.29) is 12.5 Å². The molecule has 0 spiro atoms. The molecule has 0 aromatic carbocycles. The molecule has 0 rings (SSSR count). The highest BCUT2D eigenvalue weighted by Gasteiger charge is 2.17. The van der Waals surface area contributed by atoms with Crippen LogP contribution in [0.5, 0.6) is 0 Å². The number of hydrogen-bond donors (Lipinski definition) is 3. The summed E-state index contributed by atoms with van der Waals surface area (Å²) in [7, 11) is 0. The van der Waals surface area contributed by atoms with E-state index in [1.54, 1.807) is 6.08 Å². The normalized spacial score (nSPS) is 13.2. The van der Waals surface area contributed by atoms with Gasteiger partial charge in [0.25, 0.3) is 0 Å². The first kappa shape index (κ1) is 45.9. The molecule has 4 heteroatoms. The first-order chi connectivity index (χ1) is 23.2. The maximum absolute atomic E-state index is 12.3. The van der Waals surface area contributed by atoms with Gasteiger partial charge < -0.3 is 15.5 Å². The molecule has 47 heavy (non-hydrogen) atoms. The second-order valence-electron chi connectivity index (χ2n) is 14.4. The van der Waals surface area contributed by atoms with Crippen molar-refractivity contribution in [3.63, 3.8) is 0 Å². The molecule has 4 nitrogen and oxygen atoms in total. The smallest absolute Gasteiger partial charge is 0.220 e. The lowest BCUT2D eigenvalue weighted by atomic mass is 10.0. The van der Waals surface area contributed by atoms with Gasteiger partial charge in [0.2, 0.25) is 5.91 Å². The lowest BCUT2D eigenvalue weighted by Gasteiger charge is -2.20. The standard InChI is InChI=1S/C43H83NO3/c1-3-5-7-9-11-13-15-16-17-18-19-20-21-22-23-24-25-26-27-28-29-31-33-35-37-39-43(47)44-41(40-45)42(46)38-36-34-32-30-14-12-10-8-6-4-2/h22-23,36,38,41-42,45-46H,3-21,24-35,37,39-40H2,1-2H3,(H,44,47)/b23-22-,38-36+. The van der Waals surface area contributed by atoms with Crippen molar-refractivity contribution in [1.29, 1.82) is 0 Å². The van der Waals surface area contributed by atoms with E-state index in [0.29, 0.717) is 6.42 Å². The van der Waals surface area contributed by atoms with Crippen molar-refractivity contribution in [3.05, 3.63) is 24.3 Å². The van der Waals surface area contributed by atoms with Gasteiger partial charge in [-0.1, -0.05) is 199 Å². The van der Waals surface area contributed by atoms with Crippen LogP contribution in [0.2, 0.25) is 0 Å². The summed E-state index contributed by atoms with van der Waals surface area (Å²) < 4.78 is 0. The van der Waals surface area contributed by atoms with Gasteiger partial charge in [-0.15, -0.1) is 0 Å². The molecule has 0 aliphatic carbocycles. The molecule has 0 heterocycles. The number of aliphatic hydroxyl groups excluding tert-OH is 2. The quantitative estimate of drug-likeness (QED) is 0.0455. The van der Waals surface area contributed by atoms with Crippen molar-refractivity contribution in [2.75, 3.05) is 6.61 Å². The molecule has 0 fully saturated rings. The number of unbranched alkanes of at least 4 members (excludes halogenated alkanes) is 29. The molecular weight excluding hydrogens is 578 g/mol. The predicted molar refractivity (Wildman–Crippen MR) is 207 cm³/mol. The zero-order valence-electron chi connectivity index (χ0n) is 31.8. The number of amides is 1. The minimum Gasteiger partial charge on any atom is -0.394 e. The van der Waals surface area contributed by atoms with E-state index in [4.69, 9.17) is 0 Å². The Morgan fingerprint density at radius 2 is 0.809 bits per heavy atom. The molecule has 0 saturated carbocycles. The van der Waals surface area contributed by atoms with Crippen LogP contribution in [0, 0.1) is 0 Å². The lowest BCUT2D eigenvalue weighted by Crippen LogP contribution is -2.45. The monoisotopic (exact) mass is 662 g/mol. The Hall–Kier alpha value is -1.13. The zero-order chi connectivity index (χ0) is 34.3. The summed E-state index contributed by atoms with van der Waals surface area (Å²) in [6.07, 6.45) is 50.0. The van der Waals surface area contributed by atoms with E-state index in [2.05, 4.69) is 31.3 Å². The largest absolute Gasteiger partial charge is 0.394 e. The Morgan fingerprint density at radius 3 is 1.17 bits per heavy atom. The summed E-state index contributed by atoms with van der Waals surface area (Å²) in [5, 5.41) is 22.9. The molecule has 0 aromatic rings. The van der Waals surface area contributed by atoms with Crippen LogP contribution in [-0.2, 0) is 4.79 Å². The average molecular weight is 662 g/mol. The predicted octanol–water partition coefficient (Wildman–Crippen LogP) is 12.8. The second-order valence-corrected chi connectivity index (χ2v) is 14.4.